The van der Waals surface area contributed by atoms with Gasteiger partial charge in [0.2, 0.25) is 5.95 Å². The van der Waals surface area contributed by atoms with Crippen molar-refractivity contribution < 1.29 is 9.59 Å². The van der Waals surface area contributed by atoms with Crippen LogP contribution < -0.4 is 10.6 Å². The van der Waals surface area contributed by atoms with Gasteiger partial charge < -0.3 is 10.6 Å². The number of nitrogens with zero attached hydrogens (tertiary/aromatic N) is 2. The number of aromatic nitrogens is 2. The molecule has 0 aliphatic carbocycles. The molecule has 0 fully saturated rings. The van der Waals surface area contributed by atoms with Crippen molar-refractivity contribution in [2.75, 3.05) is 10.6 Å². The lowest BCUT2D eigenvalue weighted by molar-refractivity contribution is 0.100. The van der Waals surface area contributed by atoms with Crippen molar-refractivity contribution in [2.24, 2.45) is 0 Å². The third-order valence-electron chi connectivity index (χ3n) is 3.99. The van der Waals surface area contributed by atoms with Gasteiger partial charge in [-0.15, -0.1) is 0 Å². The molecule has 0 aliphatic rings. The second-order valence-corrected chi connectivity index (χ2v) is 6.20. The molecule has 6 nitrogen and oxygen atoms in total. The molecule has 27 heavy (non-hydrogen) atoms. The summed E-state index contributed by atoms with van der Waals surface area (Å²) < 4.78 is 0. The summed E-state index contributed by atoms with van der Waals surface area (Å²) in [7, 11) is 0. The van der Waals surface area contributed by atoms with Crippen LogP contribution in [0.4, 0.5) is 11.6 Å². The molecule has 1 aromatic heterocycles. The molecule has 0 spiro atoms. The van der Waals surface area contributed by atoms with E-state index in [2.05, 4.69) is 20.6 Å². The smallest absolute Gasteiger partial charge is 0.274 e. The minimum atomic E-state index is -0.364. The average molecular weight is 360 g/mol. The van der Waals surface area contributed by atoms with Crippen LogP contribution in [0.25, 0.3) is 0 Å². The summed E-state index contributed by atoms with van der Waals surface area (Å²) in [4.78, 5) is 32.3. The van der Waals surface area contributed by atoms with Gasteiger partial charge in [0, 0.05) is 24.0 Å². The van der Waals surface area contributed by atoms with Crippen LogP contribution in [0.2, 0.25) is 0 Å². The van der Waals surface area contributed by atoms with E-state index in [0.29, 0.717) is 23.7 Å². The maximum Gasteiger partial charge on any atom is 0.274 e. The SMILES string of the molecule is CC(=O)c1cccc(NC(=O)c2ccnc(NCc3ccc(C)cc3)n2)c1. The van der Waals surface area contributed by atoms with Gasteiger partial charge in [-0.1, -0.05) is 42.0 Å². The van der Waals surface area contributed by atoms with Crippen LogP contribution >= 0.6 is 0 Å². The van der Waals surface area contributed by atoms with Gasteiger partial charge >= 0.3 is 0 Å². The highest BCUT2D eigenvalue weighted by Gasteiger charge is 2.10. The fourth-order valence-corrected chi connectivity index (χ4v) is 2.47. The van der Waals surface area contributed by atoms with Crippen LogP contribution in [0.15, 0.2) is 60.8 Å². The first-order valence-electron chi connectivity index (χ1n) is 8.56. The molecule has 2 N–H and O–H groups in total. The van der Waals surface area contributed by atoms with Crippen LogP contribution in [0.5, 0.6) is 0 Å². The lowest BCUT2D eigenvalue weighted by Gasteiger charge is -2.08. The maximum atomic E-state index is 12.4. The lowest BCUT2D eigenvalue weighted by atomic mass is 10.1. The Hall–Kier alpha value is -3.54. The molecule has 1 amide bonds. The molecular weight excluding hydrogens is 340 g/mol. The van der Waals surface area contributed by atoms with Crippen LogP contribution in [0.3, 0.4) is 0 Å². The van der Waals surface area contributed by atoms with Crippen molar-refractivity contribution in [3.8, 4) is 0 Å². The third-order valence-corrected chi connectivity index (χ3v) is 3.99. The maximum absolute atomic E-state index is 12.4. The van der Waals surface area contributed by atoms with Crippen molar-refractivity contribution in [2.45, 2.75) is 20.4 Å². The number of hydrogen-bond donors (Lipinski definition) is 2. The summed E-state index contributed by atoms with van der Waals surface area (Å²) in [6.45, 7) is 4.08. The summed E-state index contributed by atoms with van der Waals surface area (Å²) in [6, 6.07) is 16.5. The summed E-state index contributed by atoms with van der Waals surface area (Å²) in [5, 5.41) is 5.87. The number of ketones is 1. The Labute approximate surface area is 157 Å². The van der Waals surface area contributed by atoms with Crippen molar-refractivity contribution >= 4 is 23.3 Å². The molecular formula is C21H20N4O2. The fourth-order valence-electron chi connectivity index (χ4n) is 2.47. The van der Waals surface area contributed by atoms with Gasteiger partial charge in [-0.3, -0.25) is 9.59 Å². The molecule has 6 heteroatoms. The zero-order chi connectivity index (χ0) is 19.2. The van der Waals surface area contributed by atoms with Crippen LogP contribution in [0.1, 0.15) is 38.9 Å². The number of carbonyl (C=O) groups excluding carboxylic acids is 2. The van der Waals surface area contributed by atoms with Crippen molar-refractivity contribution in [3.05, 3.63) is 83.2 Å². The monoisotopic (exact) mass is 360 g/mol. The first-order chi connectivity index (χ1) is 13.0. The van der Waals surface area contributed by atoms with Gasteiger partial charge in [0.25, 0.3) is 5.91 Å². The van der Waals surface area contributed by atoms with Crippen LogP contribution in [-0.2, 0) is 6.54 Å². The standard InChI is InChI=1S/C21H20N4O2/c1-14-6-8-16(9-7-14)13-23-21-22-11-10-19(25-21)20(27)24-18-5-3-4-17(12-18)15(2)26/h3-12H,13H2,1-2H3,(H,24,27)(H,22,23,25). The topological polar surface area (TPSA) is 84.0 Å². The molecule has 0 bridgehead atoms. The van der Waals surface area contributed by atoms with E-state index in [9.17, 15) is 9.59 Å². The van der Waals surface area contributed by atoms with E-state index in [1.54, 1.807) is 30.3 Å². The van der Waals surface area contributed by atoms with E-state index in [0.717, 1.165) is 5.56 Å². The predicted molar refractivity (Wildman–Crippen MR) is 105 cm³/mol. The Morgan fingerprint density at radius 1 is 1.04 bits per heavy atom. The molecule has 0 unspecified atom stereocenters. The number of nitrogens with one attached hydrogen (secondary N) is 2. The average Bonchev–Trinajstić information content (AvgIpc) is 2.68. The number of anilines is 2. The molecule has 136 valence electrons. The number of aryl methyl sites for hydroxylation is 1. The van der Waals surface area contributed by atoms with Gasteiger partial charge in [-0.2, -0.15) is 0 Å². The van der Waals surface area contributed by atoms with Gasteiger partial charge in [0.1, 0.15) is 5.69 Å². The normalized spacial score (nSPS) is 10.3. The Balaban J connectivity index is 1.67. The number of carbonyl (C=O) groups is 2. The summed E-state index contributed by atoms with van der Waals surface area (Å²) in [6.07, 6.45) is 1.53. The molecule has 3 aromatic rings. The number of amides is 1. The number of rotatable bonds is 6. The third kappa shape index (κ3) is 4.98. The highest BCUT2D eigenvalue weighted by Crippen LogP contribution is 2.13. The van der Waals surface area contributed by atoms with E-state index >= 15 is 0 Å². The van der Waals surface area contributed by atoms with Gasteiger partial charge in [0.05, 0.1) is 0 Å². The zero-order valence-electron chi connectivity index (χ0n) is 15.2. The number of hydrogen-bond acceptors (Lipinski definition) is 5. The zero-order valence-corrected chi connectivity index (χ0v) is 15.2. The number of Topliss-reactive ketones (excluding diaryl/α,β-unsaturated/α-hetero) is 1. The van der Waals surface area contributed by atoms with Crippen molar-refractivity contribution in [1.82, 2.24) is 9.97 Å². The molecule has 1 heterocycles. The molecule has 0 saturated heterocycles. The molecule has 0 aliphatic heterocycles. The highest BCUT2D eigenvalue weighted by molar-refractivity contribution is 6.04. The summed E-state index contributed by atoms with van der Waals surface area (Å²) in [5.74, 6) is -0.0482. The van der Waals surface area contributed by atoms with E-state index in [1.165, 1.54) is 18.7 Å². The largest absolute Gasteiger partial charge is 0.350 e. The van der Waals surface area contributed by atoms with Crippen molar-refractivity contribution in [1.29, 1.82) is 0 Å². The fraction of sp³-hybridized carbons (Fsp3) is 0.143. The predicted octanol–water partition coefficient (Wildman–Crippen LogP) is 3.85. The van der Waals surface area contributed by atoms with Crippen LogP contribution in [-0.4, -0.2) is 21.7 Å². The Morgan fingerprint density at radius 3 is 2.56 bits per heavy atom. The first-order valence-corrected chi connectivity index (χ1v) is 8.56. The van der Waals surface area contributed by atoms with E-state index < -0.39 is 0 Å². The molecule has 2 aromatic carbocycles. The number of benzene rings is 2. The Bertz CT molecular complexity index is 968. The highest BCUT2D eigenvalue weighted by atomic mass is 16.2. The summed E-state index contributed by atoms with van der Waals surface area (Å²) in [5.41, 5.74) is 3.61. The molecule has 0 saturated carbocycles. The Morgan fingerprint density at radius 2 is 1.81 bits per heavy atom. The lowest BCUT2D eigenvalue weighted by Crippen LogP contribution is -2.15. The van der Waals surface area contributed by atoms with E-state index in [1.807, 2.05) is 31.2 Å². The van der Waals surface area contributed by atoms with Crippen LogP contribution in [0, 0.1) is 6.92 Å². The molecule has 0 atom stereocenters. The Kier molecular flexibility index (Phi) is 5.56. The van der Waals surface area contributed by atoms with Crippen molar-refractivity contribution in [3.63, 3.8) is 0 Å². The van der Waals surface area contributed by atoms with Gasteiger partial charge in [-0.25, -0.2) is 9.97 Å². The molecule has 0 radical (unpaired) electrons. The minimum Gasteiger partial charge on any atom is -0.350 e. The minimum absolute atomic E-state index is 0.0595. The summed E-state index contributed by atoms with van der Waals surface area (Å²) >= 11 is 0. The molecule has 3 rings (SSSR count). The second kappa shape index (κ2) is 8.23. The van der Waals surface area contributed by atoms with E-state index in [4.69, 9.17) is 0 Å². The van der Waals surface area contributed by atoms with Gasteiger partial charge in [-0.05, 0) is 37.6 Å². The van der Waals surface area contributed by atoms with Gasteiger partial charge in [0.15, 0.2) is 5.78 Å². The first kappa shape index (κ1) is 18.3. The second-order valence-electron chi connectivity index (χ2n) is 6.20. The van der Waals surface area contributed by atoms with E-state index in [-0.39, 0.29) is 17.4 Å². The quantitative estimate of drug-likeness (QED) is 0.652.